The molecule has 0 atom stereocenters. The second-order valence-corrected chi connectivity index (χ2v) is 10.7. The molecular formula is C33H32N2O4S. The Morgan fingerprint density at radius 3 is 2.38 bits per heavy atom. The number of benzene rings is 4. The number of hydrogen-bond donors (Lipinski definition) is 1. The highest BCUT2D eigenvalue weighted by atomic mass is 32.1. The van der Waals surface area contributed by atoms with Gasteiger partial charge in [-0.15, -0.1) is 11.3 Å². The average Bonchev–Trinajstić information content (AvgIpc) is 2.99. The zero-order valence-corrected chi connectivity index (χ0v) is 23.7. The Bertz CT molecular complexity index is 1710. The van der Waals surface area contributed by atoms with E-state index in [1.807, 2.05) is 54.6 Å². The summed E-state index contributed by atoms with van der Waals surface area (Å²) in [5.74, 6) is 1.23. The Labute approximate surface area is 237 Å². The van der Waals surface area contributed by atoms with E-state index in [1.165, 1.54) is 16.9 Å². The molecule has 1 amide bonds. The second kappa shape index (κ2) is 12.2. The Morgan fingerprint density at radius 1 is 0.850 bits per heavy atom. The third-order valence-corrected chi connectivity index (χ3v) is 8.30. The lowest BCUT2D eigenvalue weighted by atomic mass is 10.1. The molecule has 0 saturated heterocycles. The minimum absolute atomic E-state index is 0.0433. The fourth-order valence-electron chi connectivity index (χ4n) is 4.83. The topological polar surface area (TPSA) is 67.9 Å². The van der Waals surface area contributed by atoms with Crippen molar-refractivity contribution < 1.29 is 14.3 Å². The van der Waals surface area contributed by atoms with Crippen LogP contribution in [0.5, 0.6) is 11.5 Å². The molecule has 0 bridgehead atoms. The van der Waals surface area contributed by atoms with Crippen molar-refractivity contribution in [2.75, 3.05) is 38.0 Å². The lowest BCUT2D eigenvalue weighted by Gasteiger charge is -2.20. The number of rotatable bonds is 10. The van der Waals surface area contributed by atoms with Gasteiger partial charge in [0.1, 0.15) is 0 Å². The minimum atomic E-state index is -0.220. The van der Waals surface area contributed by atoms with E-state index in [0.29, 0.717) is 21.0 Å². The molecule has 1 heterocycles. The summed E-state index contributed by atoms with van der Waals surface area (Å²) in [7, 11) is 5.36. The van der Waals surface area contributed by atoms with E-state index in [-0.39, 0.29) is 11.3 Å². The van der Waals surface area contributed by atoms with Crippen LogP contribution in [-0.2, 0) is 6.42 Å². The summed E-state index contributed by atoms with van der Waals surface area (Å²) in [6.45, 7) is 0.927. The highest BCUT2D eigenvalue weighted by Crippen LogP contribution is 2.31. The fourth-order valence-corrected chi connectivity index (χ4v) is 6.00. The van der Waals surface area contributed by atoms with Gasteiger partial charge in [-0.25, -0.2) is 0 Å². The normalized spacial score (nSPS) is 11.0. The molecule has 1 N–H and O–H groups in total. The molecule has 5 rings (SSSR count). The Morgan fingerprint density at radius 2 is 1.60 bits per heavy atom. The van der Waals surface area contributed by atoms with Crippen LogP contribution in [0.15, 0.2) is 89.7 Å². The number of anilines is 2. The van der Waals surface area contributed by atoms with Crippen LogP contribution in [0.2, 0.25) is 0 Å². The summed E-state index contributed by atoms with van der Waals surface area (Å²) in [5, 5.41) is 4.26. The van der Waals surface area contributed by atoms with E-state index >= 15 is 0 Å². The SMILES string of the molecule is COc1ccc(N(C)CCCCc2ccc(NC(=O)c3cccc4c(=O)c5ccccc5sc34)cc2)cc1OC. The molecule has 4 aromatic carbocycles. The van der Waals surface area contributed by atoms with Gasteiger partial charge in [0, 0.05) is 46.5 Å². The van der Waals surface area contributed by atoms with Crippen molar-refractivity contribution in [1.82, 2.24) is 0 Å². The van der Waals surface area contributed by atoms with Gasteiger partial charge in [0.2, 0.25) is 0 Å². The van der Waals surface area contributed by atoms with E-state index < -0.39 is 0 Å². The predicted octanol–water partition coefficient (Wildman–Crippen LogP) is 7.14. The Hall–Kier alpha value is -4.36. The quantitative estimate of drug-likeness (QED) is 0.147. The van der Waals surface area contributed by atoms with Crippen LogP contribution in [-0.4, -0.2) is 33.7 Å². The van der Waals surface area contributed by atoms with Crippen molar-refractivity contribution in [2.24, 2.45) is 0 Å². The van der Waals surface area contributed by atoms with Gasteiger partial charge in [0.15, 0.2) is 16.9 Å². The molecule has 6 nitrogen and oxygen atoms in total. The summed E-state index contributed by atoms with van der Waals surface area (Å²) in [6, 6.07) is 26.8. The molecule has 7 heteroatoms. The van der Waals surface area contributed by atoms with Crippen molar-refractivity contribution in [3.63, 3.8) is 0 Å². The lowest BCUT2D eigenvalue weighted by Crippen LogP contribution is -2.18. The van der Waals surface area contributed by atoms with Crippen molar-refractivity contribution in [3.8, 4) is 11.5 Å². The van der Waals surface area contributed by atoms with E-state index in [0.717, 1.165) is 53.4 Å². The minimum Gasteiger partial charge on any atom is -0.493 e. The van der Waals surface area contributed by atoms with Gasteiger partial charge in [0.05, 0.1) is 24.5 Å². The number of hydrogen-bond acceptors (Lipinski definition) is 6. The highest BCUT2D eigenvalue weighted by Gasteiger charge is 2.15. The van der Waals surface area contributed by atoms with Gasteiger partial charge >= 0.3 is 0 Å². The van der Waals surface area contributed by atoms with Crippen molar-refractivity contribution in [3.05, 3.63) is 106 Å². The molecule has 0 unspecified atom stereocenters. The number of fused-ring (bicyclic) bond motifs is 2. The summed E-state index contributed by atoms with van der Waals surface area (Å²) in [4.78, 5) is 28.4. The number of nitrogens with one attached hydrogen (secondary N) is 1. The third kappa shape index (κ3) is 5.80. The van der Waals surface area contributed by atoms with Crippen LogP contribution in [0.25, 0.3) is 20.2 Å². The molecule has 0 aliphatic heterocycles. The number of nitrogens with zero attached hydrogens (tertiary/aromatic N) is 1. The van der Waals surface area contributed by atoms with Gasteiger partial charge in [-0.3, -0.25) is 9.59 Å². The molecule has 0 aliphatic rings. The summed E-state index contributed by atoms with van der Waals surface area (Å²) in [6.07, 6.45) is 3.05. The zero-order chi connectivity index (χ0) is 28.1. The van der Waals surface area contributed by atoms with E-state index in [9.17, 15) is 9.59 Å². The highest BCUT2D eigenvalue weighted by molar-refractivity contribution is 7.24. The molecule has 0 aliphatic carbocycles. The van der Waals surface area contributed by atoms with Crippen LogP contribution in [0, 0.1) is 0 Å². The number of aryl methyl sites for hydroxylation is 1. The Kier molecular flexibility index (Phi) is 8.31. The number of carbonyl (C=O) groups excluding carboxylic acids is 1. The van der Waals surface area contributed by atoms with E-state index in [2.05, 4.69) is 29.4 Å². The van der Waals surface area contributed by atoms with Gasteiger partial charge < -0.3 is 19.7 Å². The van der Waals surface area contributed by atoms with Crippen molar-refractivity contribution in [1.29, 1.82) is 0 Å². The van der Waals surface area contributed by atoms with Gasteiger partial charge in [-0.2, -0.15) is 0 Å². The lowest BCUT2D eigenvalue weighted by molar-refractivity contribution is 0.102. The van der Waals surface area contributed by atoms with Crippen LogP contribution in [0.1, 0.15) is 28.8 Å². The molecule has 40 heavy (non-hydrogen) atoms. The molecular weight excluding hydrogens is 520 g/mol. The fraction of sp³-hybridized carbons (Fsp3) is 0.212. The zero-order valence-electron chi connectivity index (χ0n) is 22.9. The molecule has 0 spiro atoms. The van der Waals surface area contributed by atoms with Crippen molar-refractivity contribution in [2.45, 2.75) is 19.3 Å². The first-order valence-electron chi connectivity index (χ1n) is 13.3. The maximum absolute atomic E-state index is 13.2. The first kappa shape index (κ1) is 27.2. The van der Waals surface area contributed by atoms with Crippen LogP contribution < -0.4 is 25.1 Å². The number of unbranched alkanes of at least 4 members (excludes halogenated alkanes) is 1. The molecule has 5 aromatic rings. The summed E-state index contributed by atoms with van der Waals surface area (Å²) in [5.41, 5.74) is 3.50. The number of ether oxygens (including phenoxy) is 2. The van der Waals surface area contributed by atoms with Gasteiger partial charge in [-0.05, 0) is 73.4 Å². The van der Waals surface area contributed by atoms with Gasteiger partial charge in [0.25, 0.3) is 5.91 Å². The first-order valence-corrected chi connectivity index (χ1v) is 14.1. The number of amides is 1. The van der Waals surface area contributed by atoms with Crippen molar-refractivity contribution >= 4 is 48.8 Å². The van der Waals surface area contributed by atoms with Gasteiger partial charge in [-0.1, -0.05) is 30.3 Å². The van der Waals surface area contributed by atoms with Crippen LogP contribution in [0.3, 0.4) is 0 Å². The molecule has 0 saturated carbocycles. The predicted molar refractivity (Wildman–Crippen MR) is 166 cm³/mol. The standard InChI is InChI=1S/C33H32N2O4S/c1-35(24-18-19-28(38-2)29(21-24)39-3)20-7-6-9-22-14-16-23(17-15-22)34-33(37)27-12-8-11-26-31(36)25-10-4-5-13-30(25)40-32(26)27/h4-5,8,10-19,21H,6-7,9,20H2,1-3H3,(H,34,37). The summed E-state index contributed by atoms with van der Waals surface area (Å²) >= 11 is 1.47. The van der Waals surface area contributed by atoms with Crippen LogP contribution in [0.4, 0.5) is 11.4 Å². The smallest absolute Gasteiger partial charge is 0.257 e. The maximum Gasteiger partial charge on any atom is 0.257 e. The van der Waals surface area contributed by atoms with E-state index in [1.54, 1.807) is 32.4 Å². The molecule has 204 valence electrons. The second-order valence-electron chi connectivity index (χ2n) is 9.68. The molecule has 0 radical (unpaired) electrons. The third-order valence-electron chi connectivity index (χ3n) is 7.08. The monoisotopic (exact) mass is 552 g/mol. The largest absolute Gasteiger partial charge is 0.493 e. The molecule has 0 fully saturated rings. The Balaban J connectivity index is 1.18. The first-order chi connectivity index (χ1) is 19.5. The molecule has 1 aromatic heterocycles. The number of methoxy groups -OCH3 is 2. The average molecular weight is 553 g/mol. The summed E-state index contributed by atoms with van der Waals surface area (Å²) < 4.78 is 12.3. The van der Waals surface area contributed by atoms with E-state index in [4.69, 9.17) is 9.47 Å². The maximum atomic E-state index is 13.2. The number of carbonyl (C=O) groups is 1. The van der Waals surface area contributed by atoms with Crippen LogP contribution >= 0.6 is 11.3 Å².